The topological polar surface area (TPSA) is 90.5 Å². The SMILES string of the molecule is CC(Sc1nnc2n(C)c(=O)c3ccccc3n12)C(=O)Nc1ccc(OCc2ccccc2)cc1. The molecule has 0 bridgehead atoms. The van der Waals surface area contributed by atoms with Crippen molar-refractivity contribution in [1.29, 1.82) is 0 Å². The number of aromatic nitrogens is 4. The predicted octanol–water partition coefficient (Wildman–Crippen LogP) is 4.28. The van der Waals surface area contributed by atoms with E-state index in [0.29, 0.717) is 34.1 Å². The van der Waals surface area contributed by atoms with Crippen LogP contribution in [0.4, 0.5) is 5.69 Å². The van der Waals surface area contributed by atoms with Crippen LogP contribution in [0.3, 0.4) is 0 Å². The number of amides is 1. The number of thioether (sulfide) groups is 1. The van der Waals surface area contributed by atoms with E-state index in [2.05, 4.69) is 15.5 Å². The van der Waals surface area contributed by atoms with Gasteiger partial charge in [0.2, 0.25) is 11.7 Å². The Bertz CT molecular complexity index is 1560. The van der Waals surface area contributed by atoms with Gasteiger partial charge < -0.3 is 10.1 Å². The Labute approximate surface area is 205 Å². The molecule has 9 heteroatoms. The molecule has 3 aromatic carbocycles. The fourth-order valence-corrected chi connectivity index (χ4v) is 4.57. The summed E-state index contributed by atoms with van der Waals surface area (Å²) in [6, 6.07) is 24.5. The maximum atomic E-state index is 12.9. The number of carbonyl (C=O) groups excluding carboxylic acids is 1. The minimum atomic E-state index is -0.451. The monoisotopic (exact) mass is 485 g/mol. The van der Waals surface area contributed by atoms with E-state index in [1.807, 2.05) is 84.1 Å². The Morgan fingerprint density at radius 3 is 2.49 bits per heavy atom. The molecule has 35 heavy (non-hydrogen) atoms. The second-order valence-electron chi connectivity index (χ2n) is 8.05. The number of hydrogen-bond acceptors (Lipinski definition) is 6. The fraction of sp³-hybridized carbons (Fsp3) is 0.154. The van der Waals surface area contributed by atoms with Crippen LogP contribution in [0.25, 0.3) is 16.7 Å². The molecule has 176 valence electrons. The predicted molar refractivity (Wildman–Crippen MR) is 137 cm³/mol. The van der Waals surface area contributed by atoms with Crippen LogP contribution >= 0.6 is 11.8 Å². The second-order valence-corrected chi connectivity index (χ2v) is 9.36. The van der Waals surface area contributed by atoms with Crippen LogP contribution in [0.5, 0.6) is 5.75 Å². The molecule has 1 N–H and O–H groups in total. The zero-order chi connectivity index (χ0) is 24.4. The molecule has 1 amide bonds. The van der Waals surface area contributed by atoms with Gasteiger partial charge in [-0.3, -0.25) is 18.6 Å². The lowest BCUT2D eigenvalue weighted by Gasteiger charge is -2.13. The molecule has 2 heterocycles. The molecule has 0 saturated heterocycles. The molecule has 0 saturated carbocycles. The smallest absolute Gasteiger partial charge is 0.262 e. The van der Waals surface area contributed by atoms with Crippen LogP contribution in [-0.4, -0.2) is 30.3 Å². The largest absolute Gasteiger partial charge is 0.489 e. The Hall–Kier alpha value is -4.11. The average Bonchev–Trinajstić information content (AvgIpc) is 3.31. The maximum Gasteiger partial charge on any atom is 0.262 e. The first-order valence-electron chi connectivity index (χ1n) is 11.1. The summed E-state index contributed by atoms with van der Waals surface area (Å²) in [7, 11) is 1.66. The molecule has 1 atom stereocenters. The molecule has 0 radical (unpaired) electrons. The highest BCUT2D eigenvalue weighted by molar-refractivity contribution is 8.00. The summed E-state index contributed by atoms with van der Waals surface area (Å²) in [5.74, 6) is 0.982. The van der Waals surface area contributed by atoms with Crippen molar-refractivity contribution < 1.29 is 9.53 Å². The number of aryl methyl sites for hydroxylation is 1. The number of fused-ring (bicyclic) bond motifs is 3. The van der Waals surface area contributed by atoms with Crippen LogP contribution in [0, 0.1) is 0 Å². The molecule has 2 aromatic heterocycles. The summed E-state index contributed by atoms with van der Waals surface area (Å²) in [5, 5.41) is 12.0. The standard InChI is InChI=1S/C26H23N5O3S/c1-17(23(32)27-19-12-14-20(15-13-19)34-16-18-8-4-3-5-9-18)35-26-29-28-25-30(2)24(33)21-10-6-7-11-22(21)31(25)26/h3-15,17H,16H2,1-2H3,(H,27,32). The first-order valence-corrected chi connectivity index (χ1v) is 12.0. The first-order chi connectivity index (χ1) is 17.0. The minimum absolute atomic E-state index is 0.140. The third-order valence-electron chi connectivity index (χ3n) is 5.62. The van der Waals surface area contributed by atoms with E-state index in [4.69, 9.17) is 4.74 Å². The third-order valence-corrected chi connectivity index (χ3v) is 6.66. The van der Waals surface area contributed by atoms with Crippen molar-refractivity contribution in [3.05, 3.63) is 94.8 Å². The van der Waals surface area contributed by atoms with Crippen molar-refractivity contribution in [3.63, 3.8) is 0 Å². The number of ether oxygens (including phenoxy) is 1. The molecule has 0 fully saturated rings. The van der Waals surface area contributed by atoms with Crippen molar-refractivity contribution in [2.24, 2.45) is 7.05 Å². The van der Waals surface area contributed by atoms with E-state index in [1.54, 1.807) is 13.1 Å². The van der Waals surface area contributed by atoms with Gasteiger partial charge in [-0.2, -0.15) is 0 Å². The zero-order valence-electron chi connectivity index (χ0n) is 19.2. The molecule has 8 nitrogen and oxygen atoms in total. The Morgan fingerprint density at radius 2 is 1.71 bits per heavy atom. The van der Waals surface area contributed by atoms with Gasteiger partial charge in [0.25, 0.3) is 5.56 Å². The molecule has 0 aliphatic heterocycles. The zero-order valence-corrected chi connectivity index (χ0v) is 20.0. The van der Waals surface area contributed by atoms with Crippen LogP contribution < -0.4 is 15.6 Å². The van der Waals surface area contributed by atoms with E-state index < -0.39 is 5.25 Å². The summed E-state index contributed by atoms with van der Waals surface area (Å²) in [5.41, 5.74) is 2.33. The number of hydrogen-bond donors (Lipinski definition) is 1. The first kappa shape index (κ1) is 22.7. The number of anilines is 1. The normalized spacial score (nSPS) is 12.1. The number of carbonyl (C=O) groups is 1. The van der Waals surface area contributed by atoms with Crippen LogP contribution in [0.15, 0.2) is 88.8 Å². The number of para-hydroxylation sites is 1. The Morgan fingerprint density at radius 1 is 1.00 bits per heavy atom. The van der Waals surface area contributed by atoms with Gasteiger partial charge >= 0.3 is 0 Å². The molecule has 0 spiro atoms. The van der Waals surface area contributed by atoms with Gasteiger partial charge in [0.05, 0.1) is 16.2 Å². The Balaban J connectivity index is 1.28. The highest BCUT2D eigenvalue weighted by Gasteiger charge is 2.21. The quantitative estimate of drug-likeness (QED) is 0.346. The van der Waals surface area contributed by atoms with Gasteiger partial charge in [-0.25, -0.2) is 0 Å². The number of benzene rings is 3. The molecule has 1 unspecified atom stereocenters. The van der Waals surface area contributed by atoms with Crippen molar-refractivity contribution in [2.75, 3.05) is 5.32 Å². The second kappa shape index (κ2) is 9.63. The van der Waals surface area contributed by atoms with Gasteiger partial charge in [0.1, 0.15) is 12.4 Å². The summed E-state index contributed by atoms with van der Waals surface area (Å²) < 4.78 is 9.08. The lowest BCUT2D eigenvalue weighted by molar-refractivity contribution is -0.115. The average molecular weight is 486 g/mol. The van der Waals surface area contributed by atoms with E-state index in [1.165, 1.54) is 16.3 Å². The van der Waals surface area contributed by atoms with Crippen molar-refractivity contribution in [1.82, 2.24) is 19.2 Å². The summed E-state index contributed by atoms with van der Waals surface area (Å²) >= 11 is 1.28. The third kappa shape index (κ3) is 4.63. The lowest BCUT2D eigenvalue weighted by Crippen LogP contribution is -2.23. The minimum Gasteiger partial charge on any atom is -0.489 e. The summed E-state index contributed by atoms with van der Waals surface area (Å²) in [6.07, 6.45) is 0. The highest BCUT2D eigenvalue weighted by Crippen LogP contribution is 2.26. The molecular weight excluding hydrogens is 462 g/mol. The van der Waals surface area contributed by atoms with Crippen LogP contribution in [0.1, 0.15) is 12.5 Å². The van der Waals surface area contributed by atoms with E-state index in [9.17, 15) is 9.59 Å². The van der Waals surface area contributed by atoms with Gasteiger partial charge in [-0.05, 0) is 48.9 Å². The maximum absolute atomic E-state index is 12.9. The Kier molecular flexibility index (Phi) is 6.24. The van der Waals surface area contributed by atoms with Crippen molar-refractivity contribution >= 4 is 40.0 Å². The van der Waals surface area contributed by atoms with Gasteiger partial charge in [-0.1, -0.05) is 54.2 Å². The van der Waals surface area contributed by atoms with Crippen LogP contribution in [-0.2, 0) is 18.4 Å². The van der Waals surface area contributed by atoms with Crippen LogP contribution in [0.2, 0.25) is 0 Å². The number of nitrogens with zero attached hydrogens (tertiary/aromatic N) is 4. The highest BCUT2D eigenvalue weighted by atomic mass is 32.2. The molecular formula is C26H23N5O3S. The summed E-state index contributed by atoms with van der Waals surface area (Å²) in [6.45, 7) is 2.29. The molecule has 5 rings (SSSR count). The van der Waals surface area contributed by atoms with Gasteiger partial charge in [-0.15, -0.1) is 10.2 Å². The van der Waals surface area contributed by atoms with Crippen molar-refractivity contribution in [2.45, 2.75) is 23.9 Å². The van der Waals surface area contributed by atoms with Crippen molar-refractivity contribution in [3.8, 4) is 5.75 Å². The van der Waals surface area contributed by atoms with Gasteiger partial charge in [0, 0.05) is 12.7 Å². The van der Waals surface area contributed by atoms with E-state index >= 15 is 0 Å². The molecule has 0 aliphatic rings. The molecule has 0 aliphatic carbocycles. The number of nitrogens with one attached hydrogen (secondary N) is 1. The molecule has 5 aromatic rings. The fourth-order valence-electron chi connectivity index (χ4n) is 3.72. The lowest BCUT2D eigenvalue weighted by atomic mass is 10.2. The van der Waals surface area contributed by atoms with E-state index in [0.717, 1.165) is 11.3 Å². The van der Waals surface area contributed by atoms with Gasteiger partial charge in [0.15, 0.2) is 5.16 Å². The number of rotatable bonds is 7. The van der Waals surface area contributed by atoms with E-state index in [-0.39, 0.29) is 11.5 Å². The summed E-state index contributed by atoms with van der Waals surface area (Å²) in [4.78, 5) is 25.5.